The molecule has 2 aromatic carbocycles. The molecule has 7 heteroatoms. The van der Waals surface area contributed by atoms with Crippen molar-refractivity contribution in [1.82, 2.24) is 15.1 Å². The lowest BCUT2D eigenvalue weighted by Crippen LogP contribution is -2.52. The van der Waals surface area contributed by atoms with Gasteiger partial charge in [-0.2, -0.15) is 0 Å². The highest BCUT2D eigenvalue weighted by Crippen LogP contribution is 2.26. The Morgan fingerprint density at radius 3 is 2.41 bits per heavy atom. The van der Waals surface area contributed by atoms with Crippen LogP contribution in [0.4, 0.5) is 11.5 Å². The molecule has 34 heavy (non-hydrogen) atoms. The Bertz CT molecular complexity index is 1130. The maximum absolute atomic E-state index is 13.3. The summed E-state index contributed by atoms with van der Waals surface area (Å²) in [6.45, 7) is 7.03. The molecule has 6 nitrogen and oxygen atoms in total. The molecule has 1 amide bonds. The van der Waals surface area contributed by atoms with Crippen LogP contribution in [0.1, 0.15) is 18.4 Å². The number of amides is 1. The Kier molecular flexibility index (Phi) is 6.68. The molecule has 0 N–H and O–H groups in total. The van der Waals surface area contributed by atoms with Gasteiger partial charge in [0.15, 0.2) is 5.82 Å². The zero-order valence-electron chi connectivity index (χ0n) is 19.5. The van der Waals surface area contributed by atoms with Gasteiger partial charge in [-0.25, -0.2) is 0 Å². The fourth-order valence-corrected chi connectivity index (χ4v) is 5.05. The normalized spacial score (nSPS) is 18.8. The minimum absolute atomic E-state index is 0.0111. The van der Waals surface area contributed by atoms with Crippen molar-refractivity contribution in [3.63, 3.8) is 0 Å². The molecule has 0 spiro atoms. The summed E-state index contributed by atoms with van der Waals surface area (Å²) < 4.78 is 0. The molecule has 3 aromatic rings. The summed E-state index contributed by atoms with van der Waals surface area (Å²) in [6.07, 6.45) is 1.92. The molecule has 176 valence electrons. The number of hydrogen-bond acceptors (Lipinski definition) is 5. The first-order valence-corrected chi connectivity index (χ1v) is 12.4. The number of aromatic nitrogens is 2. The highest BCUT2D eigenvalue weighted by atomic mass is 35.5. The van der Waals surface area contributed by atoms with E-state index in [0.717, 1.165) is 62.6 Å². The first-order chi connectivity index (χ1) is 16.6. The minimum atomic E-state index is 0.0111. The van der Waals surface area contributed by atoms with Crippen LogP contribution in [0.3, 0.4) is 0 Å². The van der Waals surface area contributed by atoms with Crippen molar-refractivity contribution < 1.29 is 4.79 Å². The lowest BCUT2D eigenvalue weighted by Gasteiger charge is -2.40. The summed E-state index contributed by atoms with van der Waals surface area (Å²) in [6, 6.07) is 20.2. The molecule has 2 fully saturated rings. The second kappa shape index (κ2) is 10.0. The van der Waals surface area contributed by atoms with E-state index in [1.165, 1.54) is 11.3 Å². The number of piperazine rings is 1. The summed E-state index contributed by atoms with van der Waals surface area (Å²) >= 11 is 5.99. The van der Waals surface area contributed by atoms with E-state index in [9.17, 15) is 4.79 Å². The average Bonchev–Trinajstić information content (AvgIpc) is 2.89. The lowest BCUT2D eigenvalue weighted by molar-refractivity contribution is -0.136. The van der Waals surface area contributed by atoms with Crippen molar-refractivity contribution in [2.24, 2.45) is 5.92 Å². The van der Waals surface area contributed by atoms with Crippen LogP contribution in [-0.2, 0) is 4.79 Å². The number of hydrogen-bond donors (Lipinski definition) is 0. The number of carbonyl (C=O) groups is 1. The highest BCUT2D eigenvalue weighted by Gasteiger charge is 2.31. The summed E-state index contributed by atoms with van der Waals surface area (Å²) in [5.41, 5.74) is 4.32. The Hall–Kier alpha value is -3.12. The van der Waals surface area contributed by atoms with Crippen LogP contribution in [0.5, 0.6) is 0 Å². The summed E-state index contributed by atoms with van der Waals surface area (Å²) in [7, 11) is 0. The quantitative estimate of drug-likeness (QED) is 0.548. The predicted octanol–water partition coefficient (Wildman–Crippen LogP) is 4.67. The van der Waals surface area contributed by atoms with E-state index in [2.05, 4.69) is 56.1 Å². The Morgan fingerprint density at radius 1 is 0.912 bits per heavy atom. The van der Waals surface area contributed by atoms with Gasteiger partial charge in [-0.15, -0.1) is 10.2 Å². The second-order valence-electron chi connectivity index (χ2n) is 9.22. The second-order valence-corrected chi connectivity index (χ2v) is 9.66. The van der Waals surface area contributed by atoms with Crippen molar-refractivity contribution >= 4 is 29.0 Å². The van der Waals surface area contributed by atoms with Crippen LogP contribution in [0.15, 0.2) is 60.7 Å². The number of piperidine rings is 1. The van der Waals surface area contributed by atoms with Gasteiger partial charge in [-0.05, 0) is 61.7 Å². The first kappa shape index (κ1) is 22.7. The fraction of sp³-hybridized carbons (Fsp3) is 0.370. The van der Waals surface area contributed by atoms with Crippen molar-refractivity contribution in [2.75, 3.05) is 49.1 Å². The minimum Gasteiger partial charge on any atom is -0.368 e. The van der Waals surface area contributed by atoms with Gasteiger partial charge in [0, 0.05) is 55.5 Å². The number of aryl methyl sites for hydroxylation is 1. The molecule has 2 aliphatic rings. The smallest absolute Gasteiger partial charge is 0.227 e. The first-order valence-electron chi connectivity index (χ1n) is 12.0. The molecule has 0 saturated carbocycles. The molecule has 3 heterocycles. The number of nitrogens with zero attached hydrogens (tertiary/aromatic N) is 5. The number of halogens is 1. The van der Waals surface area contributed by atoms with Crippen LogP contribution < -0.4 is 9.80 Å². The van der Waals surface area contributed by atoms with Crippen molar-refractivity contribution in [3.8, 4) is 11.3 Å². The monoisotopic (exact) mass is 475 g/mol. The molecule has 0 radical (unpaired) electrons. The van der Waals surface area contributed by atoms with Crippen LogP contribution in [-0.4, -0.2) is 60.3 Å². The number of benzene rings is 2. The Balaban J connectivity index is 1.19. The number of anilines is 2. The standard InChI is InChI=1S/C27H30ClN5O/c1-20-4-2-6-24(18-20)31-14-16-32(17-15-31)27(34)22-5-3-13-33(19-22)26-12-11-25(29-30-26)21-7-9-23(28)10-8-21/h2,4,6-12,18,22H,3,5,13-17,19H2,1H3. The van der Waals surface area contributed by atoms with E-state index in [1.54, 1.807) is 0 Å². The number of rotatable bonds is 4. The van der Waals surface area contributed by atoms with E-state index < -0.39 is 0 Å². The summed E-state index contributed by atoms with van der Waals surface area (Å²) in [5, 5.41) is 9.59. The Morgan fingerprint density at radius 2 is 1.71 bits per heavy atom. The molecule has 0 aliphatic carbocycles. The van der Waals surface area contributed by atoms with Gasteiger partial charge in [-0.1, -0.05) is 35.9 Å². The van der Waals surface area contributed by atoms with Gasteiger partial charge in [0.25, 0.3) is 0 Å². The van der Waals surface area contributed by atoms with Gasteiger partial charge >= 0.3 is 0 Å². The van der Waals surface area contributed by atoms with Gasteiger partial charge in [0.2, 0.25) is 5.91 Å². The van der Waals surface area contributed by atoms with E-state index in [1.807, 2.05) is 36.4 Å². The van der Waals surface area contributed by atoms with Crippen LogP contribution in [0.2, 0.25) is 5.02 Å². The fourth-order valence-electron chi connectivity index (χ4n) is 4.92. The lowest BCUT2D eigenvalue weighted by atomic mass is 9.96. The zero-order valence-corrected chi connectivity index (χ0v) is 20.3. The van der Waals surface area contributed by atoms with Crippen molar-refractivity contribution in [3.05, 3.63) is 71.2 Å². The van der Waals surface area contributed by atoms with E-state index in [4.69, 9.17) is 11.6 Å². The molecular weight excluding hydrogens is 446 g/mol. The van der Waals surface area contributed by atoms with Crippen molar-refractivity contribution in [1.29, 1.82) is 0 Å². The Labute approximate surface area is 206 Å². The largest absolute Gasteiger partial charge is 0.368 e. The maximum Gasteiger partial charge on any atom is 0.227 e. The molecule has 2 saturated heterocycles. The molecule has 1 unspecified atom stereocenters. The number of carbonyl (C=O) groups excluding carboxylic acids is 1. The van der Waals surface area contributed by atoms with E-state index in [0.29, 0.717) is 11.6 Å². The van der Waals surface area contributed by atoms with Gasteiger partial charge < -0.3 is 14.7 Å². The van der Waals surface area contributed by atoms with Crippen LogP contribution >= 0.6 is 11.6 Å². The SMILES string of the molecule is Cc1cccc(N2CCN(C(=O)C3CCCN(c4ccc(-c5ccc(Cl)cc5)nn4)C3)CC2)c1. The third-order valence-electron chi connectivity index (χ3n) is 6.84. The maximum atomic E-state index is 13.3. The highest BCUT2D eigenvalue weighted by molar-refractivity contribution is 6.30. The van der Waals surface area contributed by atoms with E-state index in [-0.39, 0.29) is 11.8 Å². The topological polar surface area (TPSA) is 52.6 Å². The predicted molar refractivity (Wildman–Crippen MR) is 137 cm³/mol. The van der Waals surface area contributed by atoms with Gasteiger partial charge in [-0.3, -0.25) is 4.79 Å². The molecule has 5 rings (SSSR count). The molecule has 2 aliphatic heterocycles. The van der Waals surface area contributed by atoms with E-state index >= 15 is 0 Å². The van der Waals surface area contributed by atoms with Gasteiger partial charge in [0.1, 0.15) is 0 Å². The molecule has 0 bridgehead atoms. The molecular formula is C27H30ClN5O. The van der Waals surface area contributed by atoms with Crippen LogP contribution in [0, 0.1) is 12.8 Å². The summed E-state index contributed by atoms with van der Waals surface area (Å²) in [5.74, 6) is 1.12. The van der Waals surface area contributed by atoms with Crippen molar-refractivity contribution in [2.45, 2.75) is 19.8 Å². The van der Waals surface area contributed by atoms with Gasteiger partial charge in [0.05, 0.1) is 11.6 Å². The third kappa shape index (κ3) is 5.02. The van der Waals surface area contributed by atoms with Crippen LogP contribution in [0.25, 0.3) is 11.3 Å². The molecule has 1 atom stereocenters. The summed E-state index contributed by atoms with van der Waals surface area (Å²) in [4.78, 5) is 20.0. The third-order valence-corrected chi connectivity index (χ3v) is 7.10. The average molecular weight is 476 g/mol. The molecule has 1 aromatic heterocycles. The zero-order chi connectivity index (χ0) is 23.5.